The average Bonchev–Trinajstić information content (AvgIpc) is 3.17. The molecular formula is C25H20BrN3O2. The first-order valence-electron chi connectivity index (χ1n) is 9.79. The van der Waals surface area contributed by atoms with Crippen molar-refractivity contribution in [1.82, 2.24) is 9.88 Å². The molecule has 0 atom stereocenters. The summed E-state index contributed by atoms with van der Waals surface area (Å²) in [4.78, 5) is 12.3. The van der Waals surface area contributed by atoms with E-state index in [0.717, 1.165) is 32.1 Å². The van der Waals surface area contributed by atoms with E-state index >= 15 is 0 Å². The number of hydrogen-bond donors (Lipinski definition) is 1. The van der Waals surface area contributed by atoms with Gasteiger partial charge in [0.2, 0.25) is 0 Å². The van der Waals surface area contributed by atoms with Gasteiger partial charge in [-0.15, -0.1) is 0 Å². The highest BCUT2D eigenvalue weighted by molar-refractivity contribution is 9.10. The Hall–Kier alpha value is -3.56. The standard InChI is InChI=1S/C25H20BrN3O2/c1-28-25(30)21-16-29(23-5-3-2-4-20(21)23)15-17-6-8-18(9-7-17)19-10-11-24(22(26)14-19)31-13-12-27/h2-11,14,16H,13,15H2,1H3,(H,28,30). The van der Waals surface area contributed by atoms with Gasteiger partial charge >= 0.3 is 0 Å². The van der Waals surface area contributed by atoms with Crippen molar-refractivity contribution in [3.8, 4) is 22.9 Å². The average molecular weight is 474 g/mol. The summed E-state index contributed by atoms with van der Waals surface area (Å²) in [5.41, 5.74) is 4.98. The van der Waals surface area contributed by atoms with Crippen molar-refractivity contribution in [2.45, 2.75) is 6.54 Å². The lowest BCUT2D eigenvalue weighted by molar-refractivity contribution is 0.0964. The van der Waals surface area contributed by atoms with Crippen LogP contribution in [-0.2, 0) is 6.54 Å². The third-order valence-corrected chi connectivity index (χ3v) is 5.74. The van der Waals surface area contributed by atoms with E-state index in [0.29, 0.717) is 17.9 Å². The van der Waals surface area contributed by atoms with E-state index in [1.165, 1.54) is 0 Å². The monoisotopic (exact) mass is 473 g/mol. The maximum atomic E-state index is 12.3. The molecule has 0 spiro atoms. The van der Waals surface area contributed by atoms with E-state index in [9.17, 15) is 4.79 Å². The Morgan fingerprint density at radius 1 is 1.10 bits per heavy atom. The quantitative estimate of drug-likeness (QED) is 0.408. The van der Waals surface area contributed by atoms with Crippen molar-refractivity contribution < 1.29 is 9.53 Å². The van der Waals surface area contributed by atoms with E-state index in [2.05, 4.69) is 50.1 Å². The molecule has 4 rings (SSSR count). The predicted octanol–water partition coefficient (Wildman–Crippen LogP) is 5.38. The summed E-state index contributed by atoms with van der Waals surface area (Å²) < 4.78 is 8.30. The highest BCUT2D eigenvalue weighted by atomic mass is 79.9. The molecule has 5 nitrogen and oxygen atoms in total. The fourth-order valence-electron chi connectivity index (χ4n) is 3.60. The van der Waals surface area contributed by atoms with Crippen LogP contribution in [0.2, 0.25) is 0 Å². The van der Waals surface area contributed by atoms with Crippen molar-refractivity contribution in [1.29, 1.82) is 5.26 Å². The van der Waals surface area contributed by atoms with Gasteiger partial charge in [-0.25, -0.2) is 0 Å². The molecule has 0 aliphatic rings. The molecule has 31 heavy (non-hydrogen) atoms. The zero-order valence-corrected chi connectivity index (χ0v) is 18.5. The number of aromatic nitrogens is 1. The van der Waals surface area contributed by atoms with Gasteiger partial charge in [-0.05, 0) is 50.8 Å². The first-order chi connectivity index (χ1) is 15.1. The zero-order chi connectivity index (χ0) is 21.8. The number of nitrogens with zero attached hydrogens (tertiary/aromatic N) is 2. The molecule has 0 aliphatic heterocycles. The molecule has 1 N–H and O–H groups in total. The van der Waals surface area contributed by atoms with Crippen molar-refractivity contribution >= 4 is 32.7 Å². The highest BCUT2D eigenvalue weighted by Crippen LogP contribution is 2.31. The van der Waals surface area contributed by atoms with Crippen LogP contribution in [0.4, 0.5) is 0 Å². The van der Waals surface area contributed by atoms with Crippen LogP contribution in [0.15, 0.2) is 77.4 Å². The van der Waals surface area contributed by atoms with Gasteiger partial charge in [0, 0.05) is 30.7 Å². The molecule has 0 saturated heterocycles. The SMILES string of the molecule is CNC(=O)c1cn(Cc2ccc(-c3ccc(OCC#N)c(Br)c3)cc2)c2ccccc12. The number of nitriles is 1. The number of amides is 1. The van der Waals surface area contributed by atoms with Gasteiger partial charge in [-0.1, -0.05) is 48.5 Å². The number of carbonyl (C=O) groups excluding carboxylic acids is 1. The number of hydrogen-bond acceptors (Lipinski definition) is 3. The third-order valence-electron chi connectivity index (χ3n) is 5.12. The maximum absolute atomic E-state index is 12.3. The number of para-hydroxylation sites is 1. The number of rotatable bonds is 6. The summed E-state index contributed by atoms with van der Waals surface area (Å²) in [7, 11) is 1.65. The minimum atomic E-state index is -0.0851. The van der Waals surface area contributed by atoms with Crippen LogP contribution >= 0.6 is 15.9 Å². The minimum absolute atomic E-state index is 0.0162. The summed E-state index contributed by atoms with van der Waals surface area (Å²) in [5, 5.41) is 12.3. The normalized spacial score (nSPS) is 10.6. The lowest BCUT2D eigenvalue weighted by Crippen LogP contribution is -2.17. The van der Waals surface area contributed by atoms with Crippen molar-refractivity contribution in [2.75, 3.05) is 13.7 Å². The largest absolute Gasteiger partial charge is 0.478 e. The van der Waals surface area contributed by atoms with E-state index < -0.39 is 0 Å². The van der Waals surface area contributed by atoms with Crippen LogP contribution < -0.4 is 10.1 Å². The molecule has 0 fully saturated rings. The molecule has 1 aromatic heterocycles. The third kappa shape index (κ3) is 4.32. The second kappa shape index (κ2) is 9.07. The second-order valence-electron chi connectivity index (χ2n) is 7.06. The van der Waals surface area contributed by atoms with Gasteiger partial charge in [0.05, 0.1) is 10.0 Å². The molecule has 0 aliphatic carbocycles. The van der Waals surface area contributed by atoms with Crippen LogP contribution in [0.3, 0.4) is 0 Å². The fraction of sp³-hybridized carbons (Fsp3) is 0.120. The van der Waals surface area contributed by atoms with Crippen LogP contribution in [0, 0.1) is 11.3 Å². The van der Waals surface area contributed by atoms with Crippen molar-refractivity contribution in [3.63, 3.8) is 0 Å². The summed E-state index contributed by atoms with van der Waals surface area (Å²) in [6.07, 6.45) is 1.91. The fourth-order valence-corrected chi connectivity index (χ4v) is 4.09. The number of benzene rings is 3. The summed E-state index contributed by atoms with van der Waals surface area (Å²) >= 11 is 3.51. The Morgan fingerprint density at radius 3 is 2.55 bits per heavy atom. The van der Waals surface area contributed by atoms with E-state index in [-0.39, 0.29) is 12.5 Å². The first-order valence-corrected chi connectivity index (χ1v) is 10.6. The molecular weight excluding hydrogens is 454 g/mol. The van der Waals surface area contributed by atoms with Crippen LogP contribution in [-0.4, -0.2) is 24.1 Å². The molecule has 3 aromatic carbocycles. The smallest absolute Gasteiger partial charge is 0.253 e. The van der Waals surface area contributed by atoms with Gasteiger partial charge in [0.1, 0.15) is 11.8 Å². The van der Waals surface area contributed by atoms with Crippen molar-refractivity contribution in [3.05, 3.63) is 88.5 Å². The second-order valence-corrected chi connectivity index (χ2v) is 7.91. The van der Waals surface area contributed by atoms with Crippen LogP contribution in [0.5, 0.6) is 5.75 Å². The molecule has 0 unspecified atom stereocenters. The molecule has 4 aromatic rings. The number of carbonyl (C=O) groups is 1. The van der Waals surface area contributed by atoms with Crippen molar-refractivity contribution in [2.24, 2.45) is 0 Å². The number of halogens is 1. The topological polar surface area (TPSA) is 67.1 Å². The zero-order valence-electron chi connectivity index (χ0n) is 16.9. The Balaban J connectivity index is 1.58. The number of nitrogens with one attached hydrogen (secondary N) is 1. The highest BCUT2D eigenvalue weighted by Gasteiger charge is 2.14. The molecule has 1 heterocycles. The summed E-state index contributed by atoms with van der Waals surface area (Å²) in [6, 6.07) is 24.1. The van der Waals surface area contributed by atoms with Crippen LogP contribution in [0.25, 0.3) is 22.0 Å². The van der Waals surface area contributed by atoms with E-state index in [4.69, 9.17) is 10.00 Å². The first kappa shape index (κ1) is 20.7. The molecule has 6 heteroatoms. The Bertz CT molecular complexity index is 1290. The summed E-state index contributed by atoms with van der Waals surface area (Å²) in [5.74, 6) is 0.561. The predicted molar refractivity (Wildman–Crippen MR) is 125 cm³/mol. The van der Waals surface area contributed by atoms with Gasteiger partial charge in [0.25, 0.3) is 5.91 Å². The van der Waals surface area contributed by atoms with Gasteiger partial charge in [-0.3, -0.25) is 4.79 Å². The molecule has 1 amide bonds. The van der Waals surface area contributed by atoms with Gasteiger partial charge in [-0.2, -0.15) is 5.26 Å². The Kier molecular flexibility index (Phi) is 6.06. The molecule has 0 saturated carbocycles. The number of fused-ring (bicyclic) bond motifs is 1. The lowest BCUT2D eigenvalue weighted by atomic mass is 10.0. The Morgan fingerprint density at radius 2 is 1.84 bits per heavy atom. The van der Waals surface area contributed by atoms with Gasteiger partial charge < -0.3 is 14.6 Å². The van der Waals surface area contributed by atoms with Gasteiger partial charge in [0.15, 0.2) is 6.61 Å². The van der Waals surface area contributed by atoms with E-state index in [1.54, 1.807) is 7.05 Å². The minimum Gasteiger partial charge on any atom is -0.478 e. The Labute approximate surface area is 189 Å². The molecule has 0 radical (unpaired) electrons. The maximum Gasteiger partial charge on any atom is 0.253 e. The summed E-state index contributed by atoms with van der Waals surface area (Å²) in [6.45, 7) is 0.685. The van der Waals surface area contributed by atoms with Crippen LogP contribution in [0.1, 0.15) is 15.9 Å². The van der Waals surface area contributed by atoms with E-state index in [1.807, 2.05) is 54.7 Å². The molecule has 0 bridgehead atoms. The number of ether oxygens (including phenoxy) is 1. The molecule has 154 valence electrons. The lowest BCUT2D eigenvalue weighted by Gasteiger charge is -2.09.